The summed E-state index contributed by atoms with van der Waals surface area (Å²) in [6, 6.07) is 4.16. The number of aromatic nitrogens is 1. The molecule has 0 spiro atoms. The van der Waals surface area contributed by atoms with E-state index in [1.165, 1.54) is 18.2 Å². The zero-order chi connectivity index (χ0) is 14.7. The van der Waals surface area contributed by atoms with E-state index in [4.69, 9.17) is 17.3 Å². The summed E-state index contributed by atoms with van der Waals surface area (Å²) in [6.07, 6.45) is 0.00872. The maximum absolute atomic E-state index is 12.0. The third-order valence-electron chi connectivity index (χ3n) is 2.33. The van der Waals surface area contributed by atoms with Gasteiger partial charge in [0.25, 0.3) is 5.91 Å². The van der Waals surface area contributed by atoms with Crippen molar-refractivity contribution in [3.63, 3.8) is 0 Å². The second-order valence-corrected chi connectivity index (χ2v) is 5.20. The molecule has 1 aromatic carbocycles. The van der Waals surface area contributed by atoms with Crippen LogP contribution in [0.15, 0.2) is 23.6 Å². The van der Waals surface area contributed by atoms with Gasteiger partial charge in [0.05, 0.1) is 17.7 Å². The van der Waals surface area contributed by atoms with Crippen molar-refractivity contribution in [3.8, 4) is 5.75 Å². The Hall–Kier alpha value is -2.12. The first-order valence-corrected chi connectivity index (χ1v) is 6.74. The summed E-state index contributed by atoms with van der Waals surface area (Å²) in [4.78, 5) is 26.8. The fourth-order valence-electron chi connectivity index (χ4n) is 1.48. The second kappa shape index (κ2) is 5.89. The fourth-order valence-corrected chi connectivity index (χ4v) is 2.36. The smallest absolute Gasteiger partial charge is 0.261 e. The molecule has 0 saturated heterocycles. The van der Waals surface area contributed by atoms with Crippen LogP contribution >= 0.6 is 22.9 Å². The predicted octanol–water partition coefficient (Wildman–Crippen LogP) is 1.78. The van der Waals surface area contributed by atoms with Crippen molar-refractivity contribution in [1.29, 1.82) is 0 Å². The molecule has 0 fully saturated rings. The number of amides is 2. The molecule has 0 radical (unpaired) electrons. The summed E-state index contributed by atoms with van der Waals surface area (Å²) in [5.74, 6) is -1.22. The molecule has 8 heteroatoms. The van der Waals surface area contributed by atoms with Crippen molar-refractivity contribution in [3.05, 3.63) is 39.9 Å². The Morgan fingerprint density at radius 1 is 1.45 bits per heavy atom. The lowest BCUT2D eigenvalue weighted by Gasteiger charge is -2.04. The normalized spacial score (nSPS) is 10.2. The van der Waals surface area contributed by atoms with Crippen LogP contribution < -0.4 is 11.1 Å². The van der Waals surface area contributed by atoms with E-state index in [-0.39, 0.29) is 17.7 Å². The molecular formula is C12H10ClN3O3S. The third kappa shape index (κ3) is 3.46. The van der Waals surface area contributed by atoms with Crippen LogP contribution in [-0.4, -0.2) is 21.9 Å². The van der Waals surface area contributed by atoms with Crippen molar-refractivity contribution in [2.75, 3.05) is 5.32 Å². The standard InChI is InChI=1S/C12H10ClN3O3S/c13-6-1-2-9(17)8(3-6)11(19)16-12-15-7(5-20-12)4-10(14)18/h1-3,5,17H,4H2,(H2,14,18)(H,15,16,19). The number of anilines is 1. The van der Waals surface area contributed by atoms with Crippen molar-refractivity contribution >= 4 is 39.9 Å². The SMILES string of the molecule is NC(=O)Cc1csc(NC(=O)c2cc(Cl)ccc2O)n1. The number of thiazole rings is 1. The first kappa shape index (κ1) is 14.3. The Labute approximate surface area is 123 Å². The number of benzene rings is 1. The summed E-state index contributed by atoms with van der Waals surface area (Å²) in [7, 11) is 0. The van der Waals surface area contributed by atoms with Crippen LogP contribution in [0.4, 0.5) is 5.13 Å². The highest BCUT2D eigenvalue weighted by atomic mass is 35.5. The molecule has 0 atom stereocenters. The Kier molecular flexibility index (Phi) is 4.21. The number of nitrogens with two attached hydrogens (primary N) is 1. The number of carbonyl (C=O) groups is 2. The first-order valence-electron chi connectivity index (χ1n) is 5.48. The van der Waals surface area contributed by atoms with Crippen LogP contribution in [0.5, 0.6) is 5.75 Å². The minimum absolute atomic E-state index is 0.00872. The molecule has 104 valence electrons. The predicted molar refractivity (Wildman–Crippen MR) is 76.1 cm³/mol. The number of phenols is 1. The van der Waals surface area contributed by atoms with Gasteiger partial charge in [-0.05, 0) is 18.2 Å². The minimum atomic E-state index is -0.537. The fraction of sp³-hybridized carbons (Fsp3) is 0.0833. The highest BCUT2D eigenvalue weighted by molar-refractivity contribution is 7.14. The molecule has 0 bridgehead atoms. The summed E-state index contributed by atoms with van der Waals surface area (Å²) >= 11 is 6.93. The second-order valence-electron chi connectivity index (χ2n) is 3.90. The van der Waals surface area contributed by atoms with E-state index in [9.17, 15) is 14.7 Å². The number of carbonyl (C=O) groups excluding carboxylic acids is 2. The van der Waals surface area contributed by atoms with Gasteiger partial charge in [0.1, 0.15) is 5.75 Å². The van der Waals surface area contributed by atoms with Crippen molar-refractivity contribution < 1.29 is 14.7 Å². The number of hydrogen-bond acceptors (Lipinski definition) is 5. The summed E-state index contributed by atoms with van der Waals surface area (Å²) < 4.78 is 0. The van der Waals surface area contributed by atoms with E-state index in [1.54, 1.807) is 5.38 Å². The average Bonchev–Trinajstić information content (AvgIpc) is 2.78. The van der Waals surface area contributed by atoms with Crippen LogP contribution in [0.1, 0.15) is 16.1 Å². The number of primary amides is 1. The number of phenolic OH excluding ortho intramolecular Hbond substituents is 1. The molecular weight excluding hydrogens is 302 g/mol. The molecule has 4 N–H and O–H groups in total. The Morgan fingerprint density at radius 3 is 2.90 bits per heavy atom. The summed E-state index contributed by atoms with van der Waals surface area (Å²) in [5.41, 5.74) is 5.58. The van der Waals surface area contributed by atoms with Crippen LogP contribution in [0.2, 0.25) is 5.02 Å². The van der Waals surface area contributed by atoms with Crippen molar-refractivity contribution in [2.24, 2.45) is 5.73 Å². The molecule has 1 aromatic heterocycles. The molecule has 1 heterocycles. The quantitative estimate of drug-likeness (QED) is 0.800. The van der Waals surface area contributed by atoms with Crippen molar-refractivity contribution in [2.45, 2.75) is 6.42 Å². The molecule has 0 unspecified atom stereocenters. The number of nitrogens with zero attached hydrogens (tertiary/aromatic N) is 1. The van der Waals surface area contributed by atoms with Crippen LogP contribution in [0.25, 0.3) is 0 Å². The van der Waals surface area contributed by atoms with E-state index in [0.717, 1.165) is 11.3 Å². The molecule has 2 aromatic rings. The van der Waals surface area contributed by atoms with Gasteiger partial charge >= 0.3 is 0 Å². The van der Waals surface area contributed by atoms with Gasteiger partial charge in [-0.3, -0.25) is 14.9 Å². The highest BCUT2D eigenvalue weighted by Crippen LogP contribution is 2.23. The Morgan fingerprint density at radius 2 is 2.20 bits per heavy atom. The molecule has 20 heavy (non-hydrogen) atoms. The van der Waals surface area contributed by atoms with Gasteiger partial charge < -0.3 is 10.8 Å². The van der Waals surface area contributed by atoms with E-state index < -0.39 is 11.8 Å². The molecule has 6 nitrogen and oxygen atoms in total. The van der Waals surface area contributed by atoms with Crippen molar-refractivity contribution in [1.82, 2.24) is 4.98 Å². The molecule has 0 aliphatic carbocycles. The van der Waals surface area contributed by atoms with E-state index in [0.29, 0.717) is 15.8 Å². The Bertz CT molecular complexity index is 672. The minimum Gasteiger partial charge on any atom is -0.507 e. The lowest BCUT2D eigenvalue weighted by atomic mass is 10.2. The average molecular weight is 312 g/mol. The maximum Gasteiger partial charge on any atom is 0.261 e. The molecule has 0 aliphatic heterocycles. The zero-order valence-electron chi connectivity index (χ0n) is 10.1. The Balaban J connectivity index is 2.13. The van der Waals surface area contributed by atoms with E-state index in [1.807, 2.05) is 0 Å². The van der Waals surface area contributed by atoms with Gasteiger partial charge in [0.15, 0.2) is 5.13 Å². The molecule has 0 aliphatic rings. The van der Waals surface area contributed by atoms with Gasteiger partial charge in [-0.2, -0.15) is 0 Å². The van der Waals surface area contributed by atoms with Crippen LogP contribution in [0.3, 0.4) is 0 Å². The third-order valence-corrected chi connectivity index (χ3v) is 3.37. The van der Waals surface area contributed by atoms with Gasteiger partial charge in [0, 0.05) is 10.4 Å². The summed E-state index contributed by atoms with van der Waals surface area (Å²) in [6.45, 7) is 0. The van der Waals surface area contributed by atoms with E-state index in [2.05, 4.69) is 10.3 Å². The first-order chi connectivity index (χ1) is 9.45. The lowest BCUT2D eigenvalue weighted by molar-refractivity contribution is -0.117. The monoisotopic (exact) mass is 311 g/mol. The molecule has 0 saturated carbocycles. The molecule has 2 amide bonds. The largest absolute Gasteiger partial charge is 0.507 e. The number of hydrogen-bond donors (Lipinski definition) is 3. The number of halogens is 1. The summed E-state index contributed by atoms with van der Waals surface area (Å²) in [5, 5.41) is 14.4. The van der Waals surface area contributed by atoms with E-state index >= 15 is 0 Å². The van der Waals surface area contributed by atoms with Gasteiger partial charge in [-0.25, -0.2) is 4.98 Å². The lowest BCUT2D eigenvalue weighted by Crippen LogP contribution is -2.14. The van der Waals surface area contributed by atoms with Crippen LogP contribution in [0, 0.1) is 0 Å². The van der Waals surface area contributed by atoms with Crippen LogP contribution in [-0.2, 0) is 11.2 Å². The zero-order valence-corrected chi connectivity index (χ0v) is 11.7. The van der Waals surface area contributed by atoms with Gasteiger partial charge in [-0.1, -0.05) is 11.6 Å². The number of aromatic hydroxyl groups is 1. The molecule has 2 rings (SSSR count). The highest BCUT2D eigenvalue weighted by Gasteiger charge is 2.14. The van der Waals surface area contributed by atoms with Gasteiger partial charge in [-0.15, -0.1) is 11.3 Å². The number of rotatable bonds is 4. The topological polar surface area (TPSA) is 105 Å². The maximum atomic E-state index is 12.0. The van der Waals surface area contributed by atoms with Gasteiger partial charge in [0.2, 0.25) is 5.91 Å². The number of nitrogens with one attached hydrogen (secondary N) is 1.